The fourth-order valence-corrected chi connectivity index (χ4v) is 4.07. The molecule has 6 unspecified atom stereocenters. The van der Waals surface area contributed by atoms with E-state index in [1.54, 1.807) is 6.92 Å². The van der Waals surface area contributed by atoms with Crippen LogP contribution in [-0.2, 0) is 14.1 Å². The fraction of sp³-hybridized carbons (Fsp3) is 0.833. The van der Waals surface area contributed by atoms with E-state index in [4.69, 9.17) is 4.52 Å². The molecule has 0 bridgehead atoms. The lowest BCUT2D eigenvalue weighted by molar-refractivity contribution is -0.141. The first-order valence-electron chi connectivity index (χ1n) is 7.53. The molecule has 0 aromatic heterocycles. The zero-order valence-corrected chi connectivity index (χ0v) is 17.8. The van der Waals surface area contributed by atoms with Crippen molar-refractivity contribution in [2.45, 2.75) is 31.3 Å². The summed E-state index contributed by atoms with van der Waals surface area (Å²) in [4.78, 5) is 22.5. The zero-order chi connectivity index (χ0) is 17.3. The van der Waals surface area contributed by atoms with E-state index in [-0.39, 0.29) is 26.2 Å². The van der Waals surface area contributed by atoms with Gasteiger partial charge in [0.15, 0.2) is 0 Å². The summed E-state index contributed by atoms with van der Waals surface area (Å²) >= 11 is 0. The summed E-state index contributed by atoms with van der Waals surface area (Å²) < 4.78 is 5.02. The number of Topliss-reactive ketones (excluding diaryl/α,β-unsaturated/α-hetero) is 1. The van der Waals surface area contributed by atoms with Crippen LogP contribution in [0.3, 0.4) is 0 Å². The van der Waals surface area contributed by atoms with Crippen LogP contribution in [0.15, 0.2) is 0 Å². The van der Waals surface area contributed by atoms with E-state index in [2.05, 4.69) is 48.5 Å². The van der Waals surface area contributed by atoms with Crippen molar-refractivity contribution in [3.8, 4) is 0 Å². The highest BCUT2D eigenvalue weighted by Gasteiger charge is 2.39. The van der Waals surface area contributed by atoms with Gasteiger partial charge in [0, 0.05) is 25.0 Å². The van der Waals surface area contributed by atoms with Crippen LogP contribution in [0.1, 0.15) is 19.8 Å². The van der Waals surface area contributed by atoms with Gasteiger partial charge in [0.1, 0.15) is 11.3 Å². The van der Waals surface area contributed by atoms with Gasteiger partial charge in [0.2, 0.25) is 0 Å². The van der Waals surface area contributed by atoms with E-state index in [9.17, 15) is 9.59 Å². The monoisotopic (exact) mass is 400 g/mol. The van der Waals surface area contributed by atoms with Gasteiger partial charge in [-0.05, 0) is 32.9 Å². The third-order valence-electron chi connectivity index (χ3n) is 4.23. The van der Waals surface area contributed by atoms with E-state index < -0.39 is 5.54 Å². The second kappa shape index (κ2) is 11.3. The summed E-state index contributed by atoms with van der Waals surface area (Å²) in [5.41, 5.74) is -0.487. The van der Waals surface area contributed by atoms with Gasteiger partial charge in [-0.3, -0.25) is 15.0 Å². The molecule has 2 fully saturated rings. The molecule has 0 aliphatic carbocycles. The van der Waals surface area contributed by atoms with Crippen LogP contribution in [0.25, 0.3) is 0 Å². The van der Waals surface area contributed by atoms with Crippen LogP contribution in [0.4, 0.5) is 0 Å². The van der Waals surface area contributed by atoms with Crippen molar-refractivity contribution in [1.82, 2.24) is 20.8 Å². The summed E-state index contributed by atoms with van der Waals surface area (Å²) in [6, 6.07) is 0.308. The molecule has 6 atom stereocenters. The Morgan fingerprint density at radius 3 is 2.30 bits per heavy atom. The Kier molecular flexibility index (Phi) is 10.7. The summed E-state index contributed by atoms with van der Waals surface area (Å²) in [6.45, 7) is 5.08. The Hall–Kier alpha value is 0.700. The first-order chi connectivity index (χ1) is 11.0. The molecule has 134 valence electrons. The maximum Gasteiger partial charge on any atom is 0.329 e. The molecule has 2 heterocycles. The molecule has 23 heavy (non-hydrogen) atoms. The molecule has 0 spiro atoms. The van der Waals surface area contributed by atoms with E-state index in [1.165, 1.54) is 0 Å². The lowest BCUT2D eigenvalue weighted by Crippen LogP contribution is -2.54. The van der Waals surface area contributed by atoms with Crippen molar-refractivity contribution < 1.29 is 14.1 Å². The average Bonchev–Trinajstić information content (AvgIpc) is 3.05. The van der Waals surface area contributed by atoms with E-state index in [0.29, 0.717) is 6.04 Å². The van der Waals surface area contributed by atoms with Crippen LogP contribution in [0.5, 0.6) is 0 Å². The third kappa shape index (κ3) is 6.49. The number of nitrogens with one attached hydrogen (secondary N) is 4. The lowest BCUT2D eigenvalue weighted by atomic mass is 9.90. The summed E-state index contributed by atoms with van der Waals surface area (Å²) in [6.07, 6.45) is 1.56. The molecular weight excluding hydrogens is 372 g/mol. The van der Waals surface area contributed by atoms with Crippen molar-refractivity contribution in [1.29, 1.82) is 0 Å². The fourth-order valence-electron chi connectivity index (χ4n) is 2.69. The number of hydrogen-bond acceptors (Lipinski definition) is 7. The van der Waals surface area contributed by atoms with Crippen LogP contribution in [-0.4, -0.2) is 49.5 Å². The molecular formula is C12H28N4O3P4. The Labute approximate surface area is 146 Å². The molecule has 7 nitrogen and oxygen atoms in total. The summed E-state index contributed by atoms with van der Waals surface area (Å²) in [5.74, 6) is 0.291. The minimum atomic E-state index is -0.487. The van der Waals surface area contributed by atoms with Crippen LogP contribution >= 0.6 is 36.2 Å². The smallest absolute Gasteiger partial charge is 0.329 e. The minimum absolute atomic E-state index is 0.141. The number of carbonyl (C=O) groups is 2. The largest absolute Gasteiger partial charge is 0.443 e. The lowest BCUT2D eigenvalue weighted by Gasteiger charge is -2.34. The van der Waals surface area contributed by atoms with Gasteiger partial charge in [-0.2, -0.15) is 0 Å². The zero-order valence-electron chi connectivity index (χ0n) is 13.4. The van der Waals surface area contributed by atoms with Crippen molar-refractivity contribution >= 4 is 48.0 Å². The standard InChI is InChI=1S/C6H15N2O2P3.C6H13N2OP/c9-5(10-13-12)6(8-11)1-3-7-4-2-6;1-4(9)5-2-7-3-6(5)8-10/h7-8,13H,1-4,11-12H2;5-8H,2-3,10H2,1H3. The molecule has 4 N–H and O–H groups in total. The molecule has 0 aromatic carbocycles. The number of piperidine rings is 1. The van der Waals surface area contributed by atoms with Gasteiger partial charge in [-0.25, -0.2) is 4.79 Å². The number of ketones is 1. The maximum atomic E-state index is 11.6. The Morgan fingerprint density at radius 2 is 1.87 bits per heavy atom. The molecule has 2 aliphatic heterocycles. The molecule has 0 radical (unpaired) electrons. The van der Waals surface area contributed by atoms with Gasteiger partial charge in [0.25, 0.3) is 0 Å². The van der Waals surface area contributed by atoms with Gasteiger partial charge in [-0.15, -0.1) is 0 Å². The number of carbonyl (C=O) groups excluding carboxylic acids is 2. The van der Waals surface area contributed by atoms with E-state index in [1.807, 2.05) is 0 Å². The maximum absolute atomic E-state index is 11.6. The summed E-state index contributed by atoms with van der Waals surface area (Å²) in [5, 5.41) is 12.4. The van der Waals surface area contributed by atoms with Gasteiger partial charge >= 0.3 is 5.97 Å². The first-order valence-corrected chi connectivity index (χ1v) is 11.4. The van der Waals surface area contributed by atoms with Crippen LogP contribution in [0.2, 0.25) is 0 Å². The van der Waals surface area contributed by atoms with Crippen LogP contribution < -0.4 is 20.8 Å². The first kappa shape index (κ1) is 21.7. The normalized spacial score (nSPS) is 26.6. The number of hydrogen-bond donors (Lipinski definition) is 4. The molecule has 0 saturated carbocycles. The average molecular weight is 400 g/mol. The van der Waals surface area contributed by atoms with Crippen LogP contribution in [0, 0.1) is 5.92 Å². The predicted octanol–water partition coefficient (Wildman–Crippen LogP) is -0.0418. The molecule has 2 aliphatic rings. The molecule has 11 heteroatoms. The highest BCUT2D eigenvalue weighted by atomic mass is 32.0. The van der Waals surface area contributed by atoms with Crippen molar-refractivity contribution in [2.75, 3.05) is 26.2 Å². The van der Waals surface area contributed by atoms with Crippen molar-refractivity contribution in [3.05, 3.63) is 0 Å². The Bertz CT molecular complexity index is 397. The van der Waals surface area contributed by atoms with Gasteiger partial charge < -0.3 is 15.2 Å². The van der Waals surface area contributed by atoms with Crippen molar-refractivity contribution in [2.24, 2.45) is 5.92 Å². The summed E-state index contributed by atoms with van der Waals surface area (Å²) in [7, 11) is 7.42. The number of rotatable bonds is 5. The highest BCUT2D eigenvalue weighted by molar-refractivity contribution is 8.00. The predicted molar refractivity (Wildman–Crippen MR) is 105 cm³/mol. The third-order valence-corrected chi connectivity index (χ3v) is 5.86. The second-order valence-electron chi connectivity index (χ2n) is 5.63. The highest BCUT2D eigenvalue weighted by Crippen LogP contribution is 2.29. The minimum Gasteiger partial charge on any atom is -0.443 e. The van der Waals surface area contributed by atoms with E-state index in [0.717, 1.165) is 39.0 Å². The Balaban J connectivity index is 0.000000238. The second-order valence-corrected chi connectivity index (χ2v) is 7.40. The quantitative estimate of drug-likeness (QED) is 0.482. The van der Waals surface area contributed by atoms with Gasteiger partial charge in [-0.1, -0.05) is 27.7 Å². The van der Waals surface area contributed by atoms with Gasteiger partial charge in [0.05, 0.1) is 8.50 Å². The molecule has 2 saturated heterocycles. The molecule has 2 rings (SSSR count). The SMILES string of the molecule is CC(=O)C1CNCC1NP.O=C(OPP)C1(NP)CCNCC1. The van der Waals surface area contributed by atoms with Crippen molar-refractivity contribution in [3.63, 3.8) is 0 Å². The molecule has 0 amide bonds. The topological polar surface area (TPSA) is 91.5 Å². The van der Waals surface area contributed by atoms with E-state index >= 15 is 0 Å². The Morgan fingerprint density at radius 1 is 1.22 bits per heavy atom. The molecule has 0 aromatic rings.